The second-order valence-corrected chi connectivity index (χ2v) is 12.0. The number of carbonyl (C=O) groups is 2. The first-order valence-corrected chi connectivity index (χ1v) is 15.0. The average Bonchev–Trinajstić information content (AvgIpc) is 3.75. The second kappa shape index (κ2) is 10.9. The number of rotatable bonds is 7. The minimum Gasteiger partial charge on any atom is -0.338 e. The van der Waals surface area contributed by atoms with Crippen molar-refractivity contribution in [2.24, 2.45) is 5.92 Å². The molecule has 0 spiro atoms. The van der Waals surface area contributed by atoms with Crippen LogP contribution in [0.5, 0.6) is 0 Å². The van der Waals surface area contributed by atoms with Gasteiger partial charge in [0.05, 0.1) is 28.1 Å². The number of carbonyl (C=O) groups excluding carboxylic acids is 2. The molecule has 210 valence electrons. The number of nitrogens with zero attached hydrogens (tertiary/aromatic N) is 4. The predicted molar refractivity (Wildman–Crippen MR) is 165 cm³/mol. The summed E-state index contributed by atoms with van der Waals surface area (Å²) < 4.78 is 0. The number of Topliss-reactive ketones (excluding diaryl/α,β-unsaturated/α-hetero) is 1. The third-order valence-electron chi connectivity index (χ3n) is 7.98. The van der Waals surface area contributed by atoms with Crippen molar-refractivity contribution in [2.45, 2.75) is 45.4 Å². The monoisotopic (exact) mass is 575 g/mol. The largest absolute Gasteiger partial charge is 0.338 e. The summed E-state index contributed by atoms with van der Waals surface area (Å²) in [5, 5.41) is 12.4. The van der Waals surface area contributed by atoms with Crippen LogP contribution in [0.1, 0.15) is 55.1 Å². The molecule has 7 rings (SSSR count). The van der Waals surface area contributed by atoms with Crippen LogP contribution in [0, 0.1) is 5.92 Å². The summed E-state index contributed by atoms with van der Waals surface area (Å²) in [5.41, 5.74) is 6.37. The molecule has 0 atom stereocenters. The highest BCUT2D eigenvalue weighted by Crippen LogP contribution is 2.37. The number of aromatic nitrogens is 6. The van der Waals surface area contributed by atoms with Gasteiger partial charge in [0.2, 0.25) is 5.91 Å². The summed E-state index contributed by atoms with van der Waals surface area (Å²) in [6.45, 7) is 1.58. The van der Waals surface area contributed by atoms with Gasteiger partial charge in [0.1, 0.15) is 5.65 Å². The molecule has 3 N–H and O–H groups in total. The lowest BCUT2D eigenvalue weighted by molar-refractivity contribution is -0.117. The first kappa shape index (κ1) is 26.2. The minimum absolute atomic E-state index is 0.0402. The number of nitrogens with one attached hydrogen (secondary N) is 3. The third kappa shape index (κ3) is 5.09. The average molecular weight is 576 g/mol. The van der Waals surface area contributed by atoms with Crippen molar-refractivity contribution in [1.82, 2.24) is 30.1 Å². The third-order valence-corrected chi connectivity index (χ3v) is 9.20. The maximum absolute atomic E-state index is 12.7. The van der Waals surface area contributed by atoms with Crippen LogP contribution in [0.3, 0.4) is 0 Å². The number of pyridine rings is 3. The van der Waals surface area contributed by atoms with Crippen LogP contribution < -0.4 is 5.32 Å². The van der Waals surface area contributed by atoms with Gasteiger partial charge < -0.3 is 10.3 Å². The molecule has 42 heavy (non-hydrogen) atoms. The normalized spacial score (nSPS) is 14.0. The molecule has 1 aliphatic rings. The molecule has 0 saturated heterocycles. The van der Waals surface area contributed by atoms with Gasteiger partial charge in [-0.3, -0.25) is 19.7 Å². The summed E-state index contributed by atoms with van der Waals surface area (Å²) in [6, 6.07) is 11.8. The molecule has 0 radical (unpaired) electrons. The SMILES string of the molecule is CC(=O)c1ccc(-c2ccnc3[nH]c(-c4[nH]nc5ncc(-c6cncc(NC(=O)CC7CCCCC7)c6)cc45)cc23)s1. The Balaban J connectivity index is 1.19. The molecule has 0 aliphatic heterocycles. The van der Waals surface area contributed by atoms with E-state index in [0.29, 0.717) is 23.7 Å². The highest BCUT2D eigenvalue weighted by molar-refractivity contribution is 7.17. The van der Waals surface area contributed by atoms with E-state index < -0.39 is 0 Å². The molecule has 0 unspecified atom stereocenters. The van der Waals surface area contributed by atoms with Crippen LogP contribution in [-0.4, -0.2) is 41.8 Å². The Bertz CT molecular complexity index is 1950. The van der Waals surface area contributed by atoms with Crippen LogP contribution in [0.2, 0.25) is 0 Å². The Morgan fingerprint density at radius 1 is 0.976 bits per heavy atom. The van der Waals surface area contributed by atoms with E-state index in [0.717, 1.165) is 67.1 Å². The first-order valence-electron chi connectivity index (χ1n) is 14.2. The van der Waals surface area contributed by atoms with Crippen LogP contribution in [0.4, 0.5) is 5.69 Å². The molecule has 10 heteroatoms. The summed E-state index contributed by atoms with van der Waals surface area (Å²) in [5.74, 6) is 0.569. The number of hydrogen-bond acceptors (Lipinski definition) is 7. The smallest absolute Gasteiger partial charge is 0.224 e. The number of H-pyrrole nitrogens is 2. The van der Waals surface area contributed by atoms with Gasteiger partial charge in [-0.15, -0.1) is 11.3 Å². The van der Waals surface area contributed by atoms with Crippen molar-refractivity contribution >= 4 is 50.8 Å². The number of anilines is 1. The Morgan fingerprint density at radius 3 is 2.67 bits per heavy atom. The van der Waals surface area contributed by atoms with Crippen molar-refractivity contribution in [1.29, 1.82) is 0 Å². The molecule has 1 saturated carbocycles. The fourth-order valence-corrected chi connectivity index (χ4v) is 6.78. The van der Waals surface area contributed by atoms with Gasteiger partial charge >= 0.3 is 0 Å². The molecule has 1 amide bonds. The predicted octanol–water partition coefficient (Wildman–Crippen LogP) is 7.40. The Kier molecular flexibility index (Phi) is 6.83. The number of amides is 1. The number of hydrogen-bond donors (Lipinski definition) is 3. The number of thiophene rings is 1. The Hall–Kier alpha value is -4.70. The van der Waals surface area contributed by atoms with Gasteiger partial charge in [-0.25, -0.2) is 9.97 Å². The molecule has 6 aromatic rings. The lowest BCUT2D eigenvalue weighted by atomic mass is 9.87. The molecule has 0 aromatic carbocycles. The lowest BCUT2D eigenvalue weighted by Crippen LogP contribution is -2.18. The van der Waals surface area contributed by atoms with Gasteiger partial charge in [0.15, 0.2) is 11.4 Å². The standard InChI is InChI=1S/C32H29N7O2S/c1-18(40)27-7-8-28(42-27)23-9-10-34-31-24(23)14-26(37-31)30-25-13-21(16-35-32(25)39-38-30)20-12-22(17-33-15-20)36-29(41)11-19-5-3-2-4-6-19/h7-10,12-17,19H,2-6,11H2,1H3,(H,34,37)(H,36,41)(H,35,38,39). The number of fused-ring (bicyclic) bond motifs is 2. The van der Waals surface area contributed by atoms with E-state index in [4.69, 9.17) is 0 Å². The molecule has 6 heterocycles. The highest BCUT2D eigenvalue weighted by Gasteiger charge is 2.19. The topological polar surface area (TPSA) is 129 Å². The van der Waals surface area contributed by atoms with E-state index in [-0.39, 0.29) is 11.7 Å². The summed E-state index contributed by atoms with van der Waals surface area (Å²) in [6.07, 6.45) is 13.5. The summed E-state index contributed by atoms with van der Waals surface area (Å²) >= 11 is 1.48. The molecular formula is C32H29N7O2S. The van der Waals surface area contributed by atoms with Gasteiger partial charge in [-0.2, -0.15) is 5.10 Å². The Labute approximate surface area is 245 Å². The van der Waals surface area contributed by atoms with Crippen molar-refractivity contribution < 1.29 is 9.59 Å². The minimum atomic E-state index is 0.0402. The zero-order valence-electron chi connectivity index (χ0n) is 23.1. The molecule has 6 aromatic heterocycles. The lowest BCUT2D eigenvalue weighted by Gasteiger charge is -2.20. The van der Waals surface area contributed by atoms with E-state index in [1.165, 1.54) is 30.6 Å². The zero-order valence-corrected chi connectivity index (χ0v) is 23.9. The quantitative estimate of drug-likeness (QED) is 0.170. The Morgan fingerprint density at radius 2 is 1.83 bits per heavy atom. The van der Waals surface area contributed by atoms with Crippen molar-refractivity contribution in [3.8, 4) is 33.0 Å². The second-order valence-electron chi connectivity index (χ2n) is 10.9. The van der Waals surface area contributed by atoms with E-state index in [1.807, 2.05) is 30.3 Å². The maximum atomic E-state index is 12.7. The molecule has 9 nitrogen and oxygen atoms in total. The summed E-state index contributed by atoms with van der Waals surface area (Å²) in [7, 11) is 0. The first-order chi connectivity index (χ1) is 20.5. The van der Waals surface area contributed by atoms with Gasteiger partial charge in [0, 0.05) is 57.4 Å². The molecular weight excluding hydrogens is 546 g/mol. The fraction of sp³-hybridized carbons (Fsp3) is 0.250. The van der Waals surface area contributed by atoms with Gasteiger partial charge in [0.25, 0.3) is 0 Å². The molecule has 1 aliphatic carbocycles. The zero-order chi connectivity index (χ0) is 28.6. The van der Waals surface area contributed by atoms with E-state index in [9.17, 15) is 9.59 Å². The summed E-state index contributed by atoms with van der Waals surface area (Å²) in [4.78, 5) is 43.2. The van der Waals surface area contributed by atoms with Gasteiger partial charge in [-0.05, 0) is 62.1 Å². The number of ketones is 1. The molecule has 0 bridgehead atoms. The maximum Gasteiger partial charge on any atom is 0.224 e. The van der Waals surface area contributed by atoms with Gasteiger partial charge in [-0.1, -0.05) is 19.3 Å². The van der Waals surface area contributed by atoms with E-state index in [2.05, 4.69) is 41.5 Å². The van der Waals surface area contributed by atoms with E-state index >= 15 is 0 Å². The number of aromatic amines is 2. The van der Waals surface area contributed by atoms with Crippen LogP contribution in [0.25, 0.3) is 55.0 Å². The highest BCUT2D eigenvalue weighted by atomic mass is 32.1. The van der Waals surface area contributed by atoms with Crippen LogP contribution >= 0.6 is 11.3 Å². The van der Waals surface area contributed by atoms with Crippen LogP contribution in [0.15, 0.2) is 61.2 Å². The van der Waals surface area contributed by atoms with Crippen molar-refractivity contribution in [3.05, 3.63) is 66.1 Å². The fourth-order valence-electron chi connectivity index (χ4n) is 5.84. The van der Waals surface area contributed by atoms with Crippen molar-refractivity contribution in [2.75, 3.05) is 5.32 Å². The van der Waals surface area contributed by atoms with Crippen molar-refractivity contribution in [3.63, 3.8) is 0 Å². The van der Waals surface area contributed by atoms with E-state index in [1.54, 1.807) is 31.7 Å². The molecule has 1 fully saturated rings. The van der Waals surface area contributed by atoms with Crippen LogP contribution in [-0.2, 0) is 4.79 Å².